The van der Waals surface area contributed by atoms with Crippen LogP contribution in [0, 0.1) is 0 Å². The van der Waals surface area contributed by atoms with Gasteiger partial charge in [0.1, 0.15) is 10.1 Å². The van der Waals surface area contributed by atoms with Crippen molar-refractivity contribution in [3.8, 4) is 5.75 Å². The lowest BCUT2D eigenvalue weighted by molar-refractivity contribution is -0.122. The quantitative estimate of drug-likeness (QED) is 0.283. The number of amides is 2. The number of thioether (sulfide) groups is 1. The van der Waals surface area contributed by atoms with Gasteiger partial charge in [0.15, 0.2) is 6.61 Å². The number of benzene rings is 3. The highest BCUT2D eigenvalue weighted by Gasteiger charge is 2.31. The van der Waals surface area contributed by atoms with E-state index in [1.165, 1.54) is 11.8 Å². The number of thiocarbonyl (C=S) groups is 1. The number of ether oxygens (including phenoxy) is 1. The summed E-state index contributed by atoms with van der Waals surface area (Å²) in [6.07, 6.45) is 1.77. The molecule has 0 aromatic heterocycles. The highest BCUT2D eigenvalue weighted by atomic mass is 35.5. The summed E-state index contributed by atoms with van der Waals surface area (Å²) in [5.74, 6) is 0.0227. The van der Waals surface area contributed by atoms with Crippen LogP contribution in [0.15, 0.2) is 77.7 Å². The van der Waals surface area contributed by atoms with E-state index in [2.05, 4.69) is 5.32 Å². The number of nitrogens with zero attached hydrogens (tertiary/aromatic N) is 1. The Morgan fingerprint density at radius 1 is 1.03 bits per heavy atom. The fourth-order valence-corrected chi connectivity index (χ4v) is 4.72. The maximum Gasteiger partial charge on any atom is 0.266 e. The number of nitrogens with one attached hydrogen (secondary N) is 1. The predicted molar refractivity (Wildman–Crippen MR) is 142 cm³/mol. The van der Waals surface area contributed by atoms with Crippen LogP contribution in [0.5, 0.6) is 5.75 Å². The Labute approximate surface area is 216 Å². The van der Waals surface area contributed by atoms with Crippen LogP contribution in [-0.4, -0.2) is 27.6 Å². The molecule has 0 bridgehead atoms. The molecule has 1 aliphatic rings. The second-order valence-electron chi connectivity index (χ2n) is 7.29. The summed E-state index contributed by atoms with van der Waals surface area (Å²) >= 11 is 18.5. The van der Waals surface area contributed by atoms with E-state index in [-0.39, 0.29) is 18.4 Å². The molecule has 5 nitrogen and oxygen atoms in total. The van der Waals surface area contributed by atoms with Gasteiger partial charge in [0, 0.05) is 5.69 Å². The van der Waals surface area contributed by atoms with Gasteiger partial charge in [-0.25, -0.2) is 0 Å². The Morgan fingerprint density at radius 2 is 1.82 bits per heavy atom. The third-order valence-corrected chi connectivity index (χ3v) is 6.90. The molecule has 1 aliphatic heterocycles. The number of anilines is 1. The van der Waals surface area contributed by atoms with Crippen molar-refractivity contribution in [2.75, 3.05) is 11.9 Å². The molecular weight excluding hydrogens is 511 g/mol. The molecule has 0 saturated carbocycles. The summed E-state index contributed by atoms with van der Waals surface area (Å²) < 4.78 is 6.14. The largest absolute Gasteiger partial charge is 0.484 e. The number of rotatable bonds is 7. The van der Waals surface area contributed by atoms with E-state index in [1.807, 2.05) is 36.4 Å². The fraction of sp³-hybridized carbons (Fsp3) is 0.0800. The molecule has 1 saturated heterocycles. The van der Waals surface area contributed by atoms with Gasteiger partial charge in [0.2, 0.25) is 0 Å². The minimum absolute atomic E-state index is 0.133. The van der Waals surface area contributed by atoms with Crippen molar-refractivity contribution in [2.24, 2.45) is 0 Å². The molecule has 0 spiro atoms. The van der Waals surface area contributed by atoms with Crippen molar-refractivity contribution in [1.29, 1.82) is 0 Å². The van der Waals surface area contributed by atoms with Gasteiger partial charge in [-0.05, 0) is 47.5 Å². The third kappa shape index (κ3) is 6.18. The minimum Gasteiger partial charge on any atom is -0.484 e. The number of hydrogen-bond donors (Lipinski definition) is 1. The van der Waals surface area contributed by atoms with Crippen molar-refractivity contribution in [1.82, 2.24) is 4.90 Å². The molecule has 0 atom stereocenters. The number of halogens is 2. The lowest BCUT2D eigenvalue weighted by Gasteiger charge is -2.14. The molecule has 34 heavy (non-hydrogen) atoms. The average molecular weight is 529 g/mol. The molecule has 2 amide bonds. The molecule has 1 fully saturated rings. The second-order valence-corrected chi connectivity index (χ2v) is 9.78. The monoisotopic (exact) mass is 528 g/mol. The van der Waals surface area contributed by atoms with E-state index in [0.717, 1.165) is 11.1 Å². The molecule has 0 unspecified atom stereocenters. The lowest BCUT2D eigenvalue weighted by atomic mass is 10.2. The van der Waals surface area contributed by atoms with Crippen LogP contribution >= 0.6 is 47.2 Å². The molecule has 172 valence electrons. The van der Waals surface area contributed by atoms with Crippen molar-refractivity contribution >= 4 is 75.1 Å². The van der Waals surface area contributed by atoms with Gasteiger partial charge in [-0.2, -0.15) is 0 Å². The van der Waals surface area contributed by atoms with E-state index in [0.29, 0.717) is 37.3 Å². The van der Waals surface area contributed by atoms with Crippen molar-refractivity contribution in [3.63, 3.8) is 0 Å². The molecule has 4 rings (SSSR count). The van der Waals surface area contributed by atoms with Gasteiger partial charge < -0.3 is 10.1 Å². The van der Waals surface area contributed by atoms with Crippen LogP contribution in [0.2, 0.25) is 10.0 Å². The Balaban J connectivity index is 1.38. The molecule has 1 heterocycles. The zero-order valence-corrected chi connectivity index (χ0v) is 20.8. The van der Waals surface area contributed by atoms with Crippen LogP contribution in [0.1, 0.15) is 11.1 Å². The first-order valence-corrected chi connectivity index (χ1v) is 12.1. The first-order chi connectivity index (χ1) is 16.4. The molecular formula is C25H18Cl2N2O3S2. The fourth-order valence-electron chi connectivity index (χ4n) is 3.17. The molecule has 0 aliphatic carbocycles. The summed E-state index contributed by atoms with van der Waals surface area (Å²) in [7, 11) is 0. The summed E-state index contributed by atoms with van der Waals surface area (Å²) in [5.41, 5.74) is 2.30. The molecule has 3 aromatic carbocycles. The Morgan fingerprint density at radius 3 is 2.59 bits per heavy atom. The normalized spacial score (nSPS) is 14.5. The second kappa shape index (κ2) is 11.1. The smallest absolute Gasteiger partial charge is 0.266 e. The maximum absolute atomic E-state index is 12.9. The molecule has 9 heteroatoms. The molecule has 3 aromatic rings. The zero-order chi connectivity index (χ0) is 24.1. The highest BCUT2D eigenvalue weighted by molar-refractivity contribution is 8.26. The summed E-state index contributed by atoms with van der Waals surface area (Å²) in [6, 6.07) is 21.7. The van der Waals surface area contributed by atoms with Gasteiger partial charge in [0.25, 0.3) is 11.8 Å². The lowest BCUT2D eigenvalue weighted by Crippen LogP contribution is -2.27. The van der Waals surface area contributed by atoms with Crippen molar-refractivity contribution in [3.05, 3.63) is 98.9 Å². The predicted octanol–water partition coefficient (Wildman–Crippen LogP) is 6.41. The van der Waals surface area contributed by atoms with Gasteiger partial charge in [-0.15, -0.1) is 0 Å². The van der Waals surface area contributed by atoms with Crippen LogP contribution in [0.3, 0.4) is 0 Å². The maximum atomic E-state index is 12.9. The topological polar surface area (TPSA) is 58.6 Å². The van der Waals surface area contributed by atoms with E-state index in [9.17, 15) is 9.59 Å². The third-order valence-electron chi connectivity index (χ3n) is 4.79. The van der Waals surface area contributed by atoms with Crippen LogP contribution < -0.4 is 10.1 Å². The standard InChI is InChI=1S/C25H18Cl2N2O3S2/c26-20-10-9-18(13-21(20)27)28-23(30)15-32-19-8-4-7-17(11-19)12-22-24(31)29(25(33)34-22)14-16-5-2-1-3-6-16/h1-13H,14-15H2,(H,28,30)/b22-12-. The van der Waals surface area contributed by atoms with Crippen LogP contribution in [-0.2, 0) is 16.1 Å². The minimum atomic E-state index is -0.342. The Hall–Kier alpha value is -2.84. The first-order valence-electron chi connectivity index (χ1n) is 10.2. The van der Waals surface area contributed by atoms with E-state index in [4.69, 9.17) is 40.2 Å². The van der Waals surface area contributed by atoms with Crippen LogP contribution in [0.25, 0.3) is 6.08 Å². The van der Waals surface area contributed by atoms with Gasteiger partial charge in [-0.3, -0.25) is 14.5 Å². The summed E-state index contributed by atoms with van der Waals surface area (Å²) in [4.78, 5) is 27.2. The number of hydrogen-bond acceptors (Lipinski definition) is 5. The van der Waals surface area contributed by atoms with Crippen LogP contribution in [0.4, 0.5) is 5.69 Å². The zero-order valence-electron chi connectivity index (χ0n) is 17.7. The summed E-state index contributed by atoms with van der Waals surface area (Å²) in [6.45, 7) is 0.239. The highest BCUT2D eigenvalue weighted by Crippen LogP contribution is 2.34. The number of carbonyl (C=O) groups excluding carboxylic acids is 2. The molecule has 0 radical (unpaired) electrons. The summed E-state index contributed by atoms with van der Waals surface area (Å²) in [5, 5.41) is 3.46. The van der Waals surface area contributed by atoms with Gasteiger partial charge in [0.05, 0.1) is 21.5 Å². The van der Waals surface area contributed by atoms with Crippen molar-refractivity contribution in [2.45, 2.75) is 6.54 Å². The Kier molecular flexibility index (Phi) is 7.90. The van der Waals surface area contributed by atoms with Crippen molar-refractivity contribution < 1.29 is 14.3 Å². The number of carbonyl (C=O) groups is 2. The first kappa shape index (κ1) is 24.3. The van der Waals surface area contributed by atoms with E-state index in [1.54, 1.807) is 47.4 Å². The van der Waals surface area contributed by atoms with E-state index < -0.39 is 0 Å². The SMILES string of the molecule is O=C(COc1cccc(/C=C2\SC(=S)N(Cc3ccccc3)C2=O)c1)Nc1ccc(Cl)c(Cl)c1. The van der Waals surface area contributed by atoms with Gasteiger partial charge >= 0.3 is 0 Å². The molecule has 1 N–H and O–H groups in total. The van der Waals surface area contributed by atoms with E-state index >= 15 is 0 Å². The van der Waals surface area contributed by atoms with Gasteiger partial charge in [-0.1, -0.05) is 89.6 Å². The average Bonchev–Trinajstić information content (AvgIpc) is 3.08. The Bertz CT molecular complexity index is 1280.